The number of halogens is 1. The van der Waals surface area contributed by atoms with Gasteiger partial charge < -0.3 is 10.1 Å². The summed E-state index contributed by atoms with van der Waals surface area (Å²) in [5.41, 5.74) is 2.27. The molecule has 3 heteroatoms. The molecule has 0 radical (unpaired) electrons. The van der Waals surface area contributed by atoms with E-state index in [1.165, 1.54) is 5.56 Å². The number of benzene rings is 2. The third kappa shape index (κ3) is 4.57. The summed E-state index contributed by atoms with van der Waals surface area (Å²) < 4.78 is 6.94. The zero-order valence-electron chi connectivity index (χ0n) is 11.9. The zero-order valence-corrected chi connectivity index (χ0v) is 13.5. The summed E-state index contributed by atoms with van der Waals surface area (Å²) >= 11 is 3.49. The fourth-order valence-corrected chi connectivity index (χ4v) is 2.29. The third-order valence-corrected chi connectivity index (χ3v) is 3.32. The third-order valence-electron chi connectivity index (χ3n) is 2.83. The van der Waals surface area contributed by atoms with Gasteiger partial charge in [0, 0.05) is 11.0 Å². The summed E-state index contributed by atoms with van der Waals surface area (Å²) in [5, 5.41) is 3.43. The Balaban J connectivity index is 2.02. The molecular weight excluding hydrogens is 314 g/mol. The van der Waals surface area contributed by atoms with Crippen LogP contribution in [0.3, 0.4) is 0 Å². The van der Waals surface area contributed by atoms with Crippen LogP contribution in [0.25, 0.3) is 0 Å². The maximum absolute atomic E-state index is 5.84. The molecule has 0 saturated heterocycles. The molecule has 0 heterocycles. The first kappa shape index (κ1) is 14.9. The second-order valence-corrected chi connectivity index (χ2v) is 6.10. The molecule has 0 amide bonds. The zero-order chi connectivity index (χ0) is 14.4. The van der Waals surface area contributed by atoms with Gasteiger partial charge in [-0.25, -0.2) is 0 Å². The standard InChI is InChI=1S/C17H20BrNO/c1-13(2)12-20-17-9-4-3-8-16(17)19-11-14-6-5-7-15(18)10-14/h3-10,13,19H,11-12H2,1-2H3. The average molecular weight is 334 g/mol. The maximum Gasteiger partial charge on any atom is 0.142 e. The molecule has 0 atom stereocenters. The second-order valence-electron chi connectivity index (χ2n) is 5.18. The van der Waals surface area contributed by atoms with E-state index in [1.54, 1.807) is 0 Å². The van der Waals surface area contributed by atoms with Crippen molar-refractivity contribution in [2.45, 2.75) is 20.4 Å². The van der Waals surface area contributed by atoms with Gasteiger partial charge in [-0.05, 0) is 35.7 Å². The van der Waals surface area contributed by atoms with Gasteiger partial charge >= 0.3 is 0 Å². The van der Waals surface area contributed by atoms with Gasteiger partial charge in [0.2, 0.25) is 0 Å². The van der Waals surface area contributed by atoms with Gasteiger partial charge in [-0.15, -0.1) is 0 Å². The minimum atomic E-state index is 0.521. The first-order valence-electron chi connectivity index (χ1n) is 6.85. The van der Waals surface area contributed by atoms with E-state index < -0.39 is 0 Å². The molecule has 0 saturated carbocycles. The molecule has 2 nitrogen and oxygen atoms in total. The number of hydrogen-bond donors (Lipinski definition) is 1. The normalized spacial score (nSPS) is 10.6. The molecule has 106 valence electrons. The fraction of sp³-hybridized carbons (Fsp3) is 0.294. The Labute approximate surface area is 129 Å². The molecule has 0 unspecified atom stereocenters. The van der Waals surface area contributed by atoms with Crippen LogP contribution in [0.2, 0.25) is 0 Å². The molecule has 0 bridgehead atoms. The van der Waals surface area contributed by atoms with Crippen molar-refractivity contribution in [2.75, 3.05) is 11.9 Å². The van der Waals surface area contributed by atoms with E-state index in [9.17, 15) is 0 Å². The van der Waals surface area contributed by atoms with Crippen molar-refractivity contribution in [1.82, 2.24) is 0 Å². The van der Waals surface area contributed by atoms with Crippen LogP contribution >= 0.6 is 15.9 Å². The summed E-state index contributed by atoms with van der Waals surface area (Å²) in [6.07, 6.45) is 0. The Morgan fingerprint density at radius 2 is 1.90 bits per heavy atom. The molecule has 0 aliphatic heterocycles. The lowest BCUT2D eigenvalue weighted by molar-refractivity contribution is 0.272. The molecule has 0 aromatic heterocycles. The van der Waals surface area contributed by atoms with Gasteiger partial charge in [-0.2, -0.15) is 0 Å². The van der Waals surface area contributed by atoms with E-state index in [4.69, 9.17) is 4.74 Å². The number of anilines is 1. The van der Waals surface area contributed by atoms with Crippen molar-refractivity contribution in [2.24, 2.45) is 5.92 Å². The van der Waals surface area contributed by atoms with E-state index >= 15 is 0 Å². The van der Waals surface area contributed by atoms with Crippen LogP contribution in [-0.2, 0) is 6.54 Å². The van der Waals surface area contributed by atoms with Crippen LogP contribution in [0.4, 0.5) is 5.69 Å². The predicted molar refractivity (Wildman–Crippen MR) is 88.2 cm³/mol. The minimum Gasteiger partial charge on any atom is -0.491 e. The maximum atomic E-state index is 5.84. The fourth-order valence-electron chi connectivity index (χ4n) is 1.84. The van der Waals surface area contributed by atoms with E-state index in [0.29, 0.717) is 5.92 Å². The van der Waals surface area contributed by atoms with Gasteiger partial charge in [0.15, 0.2) is 0 Å². The van der Waals surface area contributed by atoms with Crippen molar-refractivity contribution in [1.29, 1.82) is 0 Å². The highest BCUT2D eigenvalue weighted by molar-refractivity contribution is 9.10. The monoisotopic (exact) mass is 333 g/mol. The SMILES string of the molecule is CC(C)COc1ccccc1NCc1cccc(Br)c1. The molecule has 0 aliphatic rings. The highest BCUT2D eigenvalue weighted by Gasteiger charge is 2.04. The van der Waals surface area contributed by atoms with E-state index in [0.717, 1.165) is 29.1 Å². The highest BCUT2D eigenvalue weighted by atomic mass is 79.9. The van der Waals surface area contributed by atoms with Crippen LogP contribution in [0.15, 0.2) is 53.0 Å². The smallest absolute Gasteiger partial charge is 0.142 e. The molecule has 1 N–H and O–H groups in total. The van der Waals surface area contributed by atoms with Crippen LogP contribution < -0.4 is 10.1 Å². The second kappa shape index (κ2) is 7.34. The predicted octanol–water partition coefficient (Wildman–Crippen LogP) is 5.10. The van der Waals surface area contributed by atoms with Crippen molar-refractivity contribution in [3.05, 3.63) is 58.6 Å². The van der Waals surface area contributed by atoms with E-state index in [1.807, 2.05) is 36.4 Å². The Bertz CT molecular complexity index is 554. The Kier molecular flexibility index (Phi) is 5.48. The number of nitrogens with one attached hydrogen (secondary N) is 1. The molecule has 2 aromatic rings. The number of hydrogen-bond acceptors (Lipinski definition) is 2. The van der Waals surface area contributed by atoms with Gasteiger partial charge in [-0.1, -0.05) is 54.0 Å². The lowest BCUT2D eigenvalue weighted by atomic mass is 10.2. The molecule has 2 aromatic carbocycles. The number of ether oxygens (including phenoxy) is 1. The first-order chi connectivity index (χ1) is 9.65. The molecule has 0 aliphatic carbocycles. The van der Waals surface area contributed by atoms with Crippen molar-refractivity contribution in [3.63, 3.8) is 0 Å². The van der Waals surface area contributed by atoms with Gasteiger partial charge in [0.05, 0.1) is 12.3 Å². The largest absolute Gasteiger partial charge is 0.491 e. The summed E-state index contributed by atoms with van der Waals surface area (Å²) in [6, 6.07) is 16.4. The summed E-state index contributed by atoms with van der Waals surface area (Å²) in [6.45, 7) is 5.81. The van der Waals surface area contributed by atoms with Gasteiger partial charge in [0.1, 0.15) is 5.75 Å². The van der Waals surface area contributed by atoms with Crippen molar-refractivity contribution in [3.8, 4) is 5.75 Å². The van der Waals surface area contributed by atoms with E-state index in [-0.39, 0.29) is 0 Å². The molecule has 0 fully saturated rings. The van der Waals surface area contributed by atoms with Gasteiger partial charge in [0.25, 0.3) is 0 Å². The minimum absolute atomic E-state index is 0.521. The van der Waals surface area contributed by atoms with Gasteiger partial charge in [-0.3, -0.25) is 0 Å². The summed E-state index contributed by atoms with van der Waals surface area (Å²) in [7, 11) is 0. The number of para-hydroxylation sites is 2. The topological polar surface area (TPSA) is 21.3 Å². The number of rotatable bonds is 6. The summed E-state index contributed by atoms with van der Waals surface area (Å²) in [5.74, 6) is 1.43. The molecule has 20 heavy (non-hydrogen) atoms. The average Bonchev–Trinajstić information content (AvgIpc) is 2.44. The first-order valence-corrected chi connectivity index (χ1v) is 7.64. The van der Waals surface area contributed by atoms with Crippen LogP contribution in [0.1, 0.15) is 19.4 Å². The molecular formula is C17H20BrNO. The van der Waals surface area contributed by atoms with Crippen LogP contribution in [0.5, 0.6) is 5.75 Å². The Hall–Kier alpha value is -1.48. The Morgan fingerprint density at radius 1 is 1.10 bits per heavy atom. The quantitative estimate of drug-likeness (QED) is 0.794. The summed E-state index contributed by atoms with van der Waals surface area (Å²) in [4.78, 5) is 0. The van der Waals surface area contributed by atoms with Crippen molar-refractivity contribution < 1.29 is 4.74 Å². The van der Waals surface area contributed by atoms with Crippen LogP contribution in [-0.4, -0.2) is 6.61 Å². The highest BCUT2D eigenvalue weighted by Crippen LogP contribution is 2.25. The molecule has 0 spiro atoms. The van der Waals surface area contributed by atoms with E-state index in [2.05, 4.69) is 47.2 Å². The van der Waals surface area contributed by atoms with Crippen LogP contribution in [0, 0.1) is 5.92 Å². The van der Waals surface area contributed by atoms with Crippen molar-refractivity contribution >= 4 is 21.6 Å². The lowest BCUT2D eigenvalue weighted by Gasteiger charge is -2.14. The molecule has 2 rings (SSSR count). The Morgan fingerprint density at radius 3 is 2.65 bits per heavy atom. The lowest BCUT2D eigenvalue weighted by Crippen LogP contribution is -2.07.